The van der Waals surface area contributed by atoms with Crippen LogP contribution in [0.5, 0.6) is 5.75 Å². The van der Waals surface area contributed by atoms with Crippen molar-refractivity contribution in [1.29, 1.82) is 0 Å². The van der Waals surface area contributed by atoms with Crippen molar-refractivity contribution < 1.29 is 19.4 Å². The van der Waals surface area contributed by atoms with Gasteiger partial charge in [-0.25, -0.2) is 9.78 Å². The number of benzene rings is 1. The number of nitrogens with one attached hydrogen (secondary N) is 1. The topological polar surface area (TPSA) is 88.0 Å². The second-order valence-electron chi connectivity index (χ2n) is 4.77. The van der Waals surface area contributed by atoms with Gasteiger partial charge in [-0.15, -0.1) is 0 Å². The van der Waals surface area contributed by atoms with Gasteiger partial charge in [-0.1, -0.05) is 22.9 Å². The molecule has 1 heterocycles. The Kier molecular flexibility index (Phi) is 5.08. The molecule has 3 N–H and O–H groups in total. The standard InChI is InChI=1S/C16H17N3O3/c1-11-6-7-14(12(2)9-11)21-10-15(20)22-19-16(17)13-5-3-4-8-18-13/h3-9H,10H2,1-2H3,(H2,17,19)/p+1. The lowest BCUT2D eigenvalue weighted by Gasteiger charge is -2.07. The first-order valence-electron chi connectivity index (χ1n) is 6.76. The molecule has 1 aromatic heterocycles. The maximum Gasteiger partial charge on any atom is 0.372 e. The highest BCUT2D eigenvalue weighted by molar-refractivity contribution is 5.94. The van der Waals surface area contributed by atoms with Crippen molar-refractivity contribution in [2.75, 3.05) is 6.61 Å². The fourth-order valence-electron chi connectivity index (χ4n) is 1.83. The molecule has 114 valence electrons. The number of carbonyl (C=O) groups is 1. The number of ether oxygens (including phenoxy) is 1. The Balaban J connectivity index is 1.88. The first kappa shape index (κ1) is 15.5. The number of pyridine rings is 1. The Labute approximate surface area is 128 Å². The van der Waals surface area contributed by atoms with Crippen LogP contribution in [0, 0.1) is 13.8 Å². The fourth-order valence-corrected chi connectivity index (χ4v) is 1.83. The molecule has 6 heteroatoms. The molecule has 0 unspecified atom stereocenters. The molecule has 0 fully saturated rings. The minimum Gasteiger partial charge on any atom is -0.482 e. The number of hydrogen-bond donors (Lipinski definition) is 1. The lowest BCUT2D eigenvalue weighted by molar-refractivity contribution is -0.380. The van der Waals surface area contributed by atoms with Crippen molar-refractivity contribution in [3.05, 3.63) is 59.4 Å². The second-order valence-corrected chi connectivity index (χ2v) is 4.77. The Bertz CT molecular complexity index is 684. The average molecular weight is 300 g/mol. The molecule has 0 aliphatic rings. The smallest absolute Gasteiger partial charge is 0.372 e. The van der Waals surface area contributed by atoms with Crippen LogP contribution in [0.3, 0.4) is 0 Å². The average Bonchev–Trinajstić information content (AvgIpc) is 2.52. The Morgan fingerprint density at radius 1 is 1.27 bits per heavy atom. The minimum atomic E-state index is -0.626. The van der Waals surface area contributed by atoms with Crippen LogP contribution in [0.4, 0.5) is 0 Å². The van der Waals surface area contributed by atoms with E-state index >= 15 is 0 Å². The number of nitrogens with zero attached hydrogens (tertiary/aromatic N) is 1. The highest BCUT2D eigenvalue weighted by atomic mass is 16.7. The summed E-state index contributed by atoms with van der Waals surface area (Å²) in [6, 6.07) is 11.0. The Morgan fingerprint density at radius 2 is 2.09 bits per heavy atom. The first-order valence-corrected chi connectivity index (χ1v) is 6.76. The molecule has 0 radical (unpaired) electrons. The van der Waals surface area contributed by atoms with Crippen molar-refractivity contribution >= 4 is 11.8 Å². The normalized spacial score (nSPS) is 11.1. The van der Waals surface area contributed by atoms with Crippen LogP contribution in [0.2, 0.25) is 0 Å². The zero-order valence-electron chi connectivity index (χ0n) is 12.5. The molecule has 0 amide bonds. The molecule has 0 aliphatic heterocycles. The molecular weight excluding hydrogens is 282 g/mol. The van der Waals surface area contributed by atoms with Gasteiger partial charge in [0.1, 0.15) is 5.75 Å². The highest BCUT2D eigenvalue weighted by Gasteiger charge is 2.09. The van der Waals surface area contributed by atoms with Gasteiger partial charge < -0.3 is 15.3 Å². The summed E-state index contributed by atoms with van der Waals surface area (Å²) in [6.07, 6.45) is 1.70. The Morgan fingerprint density at radius 3 is 2.77 bits per heavy atom. The van der Waals surface area contributed by atoms with E-state index in [0.717, 1.165) is 11.1 Å². The second kappa shape index (κ2) is 7.21. The van der Waals surface area contributed by atoms with Gasteiger partial charge in [0.15, 0.2) is 12.8 Å². The zero-order valence-corrected chi connectivity index (χ0v) is 12.5. The van der Waals surface area contributed by atoms with E-state index in [0.29, 0.717) is 11.4 Å². The molecule has 2 rings (SSSR count). The number of nitrogens with two attached hydrogens (primary N) is 1. The predicted octanol–water partition coefficient (Wildman–Crippen LogP) is 1.36. The quantitative estimate of drug-likeness (QED) is 0.391. The van der Waals surface area contributed by atoms with E-state index in [9.17, 15) is 4.79 Å². The number of amidine groups is 1. The van der Waals surface area contributed by atoms with Crippen molar-refractivity contribution in [3.8, 4) is 5.75 Å². The molecular formula is C16H18N3O3+. The van der Waals surface area contributed by atoms with E-state index in [-0.39, 0.29) is 12.4 Å². The summed E-state index contributed by atoms with van der Waals surface area (Å²) in [6.45, 7) is 3.66. The molecule has 0 bridgehead atoms. The number of aromatic nitrogens is 1. The SMILES string of the molecule is Cc1ccc(OCC(=O)ON=C(N)c2cccc[nH+]2)c(C)c1. The third-order valence-electron chi connectivity index (χ3n) is 2.91. The van der Waals surface area contributed by atoms with Gasteiger partial charge >= 0.3 is 5.97 Å². The molecule has 6 nitrogen and oxygen atoms in total. The molecule has 0 atom stereocenters. The van der Waals surface area contributed by atoms with Crippen molar-refractivity contribution in [1.82, 2.24) is 0 Å². The van der Waals surface area contributed by atoms with Crippen LogP contribution in [-0.4, -0.2) is 18.4 Å². The van der Waals surface area contributed by atoms with Crippen LogP contribution in [0.15, 0.2) is 47.8 Å². The maximum atomic E-state index is 11.6. The van der Waals surface area contributed by atoms with Crippen LogP contribution in [0.1, 0.15) is 16.8 Å². The van der Waals surface area contributed by atoms with E-state index in [2.05, 4.69) is 10.1 Å². The van der Waals surface area contributed by atoms with Crippen LogP contribution >= 0.6 is 0 Å². The molecule has 0 saturated heterocycles. The van der Waals surface area contributed by atoms with Gasteiger partial charge in [-0.2, -0.15) is 0 Å². The number of hydrogen-bond acceptors (Lipinski definition) is 4. The lowest BCUT2D eigenvalue weighted by atomic mass is 10.1. The number of rotatable bonds is 5. The third kappa shape index (κ3) is 4.31. The minimum absolute atomic E-state index is 0.0838. The molecule has 1 aromatic carbocycles. The summed E-state index contributed by atoms with van der Waals surface area (Å²) in [4.78, 5) is 19.2. The number of oxime groups is 1. The monoisotopic (exact) mass is 300 g/mol. The number of H-pyrrole nitrogens is 1. The highest BCUT2D eigenvalue weighted by Crippen LogP contribution is 2.18. The fraction of sp³-hybridized carbons (Fsp3) is 0.188. The van der Waals surface area contributed by atoms with E-state index < -0.39 is 5.97 Å². The van der Waals surface area contributed by atoms with Gasteiger partial charge in [0.25, 0.3) is 0 Å². The van der Waals surface area contributed by atoms with Crippen molar-refractivity contribution in [2.45, 2.75) is 13.8 Å². The van der Waals surface area contributed by atoms with Gasteiger partial charge in [-0.05, 0) is 31.5 Å². The lowest BCUT2D eigenvalue weighted by Crippen LogP contribution is -2.25. The zero-order chi connectivity index (χ0) is 15.9. The van der Waals surface area contributed by atoms with Crippen LogP contribution in [0.25, 0.3) is 0 Å². The molecule has 0 saturated carbocycles. The molecule has 0 spiro atoms. The van der Waals surface area contributed by atoms with E-state index in [1.54, 1.807) is 24.4 Å². The summed E-state index contributed by atoms with van der Waals surface area (Å²) in [5.41, 5.74) is 8.33. The maximum absolute atomic E-state index is 11.6. The largest absolute Gasteiger partial charge is 0.482 e. The molecule has 0 aliphatic carbocycles. The van der Waals surface area contributed by atoms with E-state index in [1.807, 2.05) is 32.0 Å². The predicted molar refractivity (Wildman–Crippen MR) is 81.2 cm³/mol. The third-order valence-corrected chi connectivity index (χ3v) is 2.91. The summed E-state index contributed by atoms with van der Waals surface area (Å²) in [5.74, 6) is 0.0928. The van der Waals surface area contributed by atoms with E-state index in [4.69, 9.17) is 15.3 Å². The Hall–Kier alpha value is -2.89. The van der Waals surface area contributed by atoms with Crippen LogP contribution in [-0.2, 0) is 9.63 Å². The number of aromatic amines is 1. The van der Waals surface area contributed by atoms with Crippen LogP contribution < -0.4 is 15.5 Å². The summed E-state index contributed by atoms with van der Waals surface area (Å²) in [5, 5.41) is 3.58. The van der Waals surface area contributed by atoms with E-state index in [1.165, 1.54) is 0 Å². The number of carbonyl (C=O) groups excluding carboxylic acids is 1. The summed E-state index contributed by atoms with van der Waals surface area (Å²) < 4.78 is 5.40. The van der Waals surface area contributed by atoms with Gasteiger partial charge in [0.2, 0.25) is 11.5 Å². The number of aryl methyl sites for hydroxylation is 2. The first-order chi connectivity index (χ1) is 10.6. The van der Waals surface area contributed by atoms with Gasteiger partial charge in [0.05, 0.1) is 0 Å². The molecule has 22 heavy (non-hydrogen) atoms. The molecule has 2 aromatic rings. The van der Waals surface area contributed by atoms with Crippen molar-refractivity contribution in [3.63, 3.8) is 0 Å². The van der Waals surface area contributed by atoms with Crippen molar-refractivity contribution in [2.24, 2.45) is 10.9 Å². The van der Waals surface area contributed by atoms with Gasteiger partial charge in [-0.3, -0.25) is 0 Å². The van der Waals surface area contributed by atoms with Gasteiger partial charge in [0, 0.05) is 12.1 Å². The summed E-state index contributed by atoms with van der Waals surface area (Å²) in [7, 11) is 0. The summed E-state index contributed by atoms with van der Waals surface area (Å²) >= 11 is 0.